The maximum atomic E-state index is 5.25. The van der Waals surface area contributed by atoms with Crippen molar-refractivity contribution in [3.05, 3.63) is 36.2 Å². The van der Waals surface area contributed by atoms with Crippen LogP contribution >= 0.6 is 0 Å². The molecule has 2 rings (SSSR count). The van der Waals surface area contributed by atoms with Crippen LogP contribution in [0.1, 0.15) is 45.4 Å². The fourth-order valence-corrected chi connectivity index (χ4v) is 1.49. The summed E-state index contributed by atoms with van der Waals surface area (Å²) in [6, 6.07) is 9.70. The van der Waals surface area contributed by atoms with Gasteiger partial charge in [0.1, 0.15) is 0 Å². The molecule has 0 saturated heterocycles. The van der Waals surface area contributed by atoms with Crippen molar-refractivity contribution in [2.75, 3.05) is 0 Å². The first kappa shape index (κ1) is 14.4. The Morgan fingerprint density at radius 1 is 0.944 bits per heavy atom. The second-order valence-corrected chi connectivity index (χ2v) is 4.20. The van der Waals surface area contributed by atoms with Crippen LogP contribution < -0.4 is 0 Å². The van der Waals surface area contributed by atoms with Crippen LogP contribution in [0.2, 0.25) is 0 Å². The number of hydrogen-bond acceptors (Lipinski definition) is 3. The molecule has 0 aliphatic carbocycles. The van der Waals surface area contributed by atoms with Gasteiger partial charge in [-0.25, -0.2) is 0 Å². The molecule has 0 saturated carbocycles. The Morgan fingerprint density at radius 2 is 1.56 bits per heavy atom. The van der Waals surface area contributed by atoms with Gasteiger partial charge in [-0.1, -0.05) is 57.7 Å². The van der Waals surface area contributed by atoms with Crippen LogP contribution in [0.5, 0.6) is 0 Å². The Hall–Kier alpha value is -1.64. The molecule has 3 heteroatoms. The third-order valence-corrected chi connectivity index (χ3v) is 2.50. The summed E-state index contributed by atoms with van der Waals surface area (Å²) in [4.78, 5) is 0. The first-order valence-electron chi connectivity index (χ1n) is 6.63. The van der Waals surface area contributed by atoms with Gasteiger partial charge in [0.15, 0.2) is 0 Å². The molecule has 1 aromatic carbocycles. The quantitative estimate of drug-likeness (QED) is 0.738. The number of nitrogens with zero attached hydrogens (tertiary/aromatic N) is 2. The molecule has 0 spiro atoms. The molecule has 3 nitrogen and oxygen atoms in total. The Morgan fingerprint density at radius 3 is 2.00 bits per heavy atom. The normalized spacial score (nSPS) is 9.72. The van der Waals surface area contributed by atoms with Crippen molar-refractivity contribution in [1.82, 2.24) is 10.2 Å². The molecule has 0 bridgehead atoms. The highest BCUT2D eigenvalue weighted by molar-refractivity contribution is 5.51. The van der Waals surface area contributed by atoms with E-state index in [9.17, 15) is 0 Å². The lowest BCUT2D eigenvalue weighted by atomic mass is 10.2. The highest BCUT2D eigenvalue weighted by atomic mass is 16.4. The highest BCUT2D eigenvalue weighted by Crippen LogP contribution is 2.15. The Bertz CT molecular complexity index is 419. The number of benzene rings is 1. The van der Waals surface area contributed by atoms with Crippen molar-refractivity contribution in [3.63, 3.8) is 0 Å². The predicted octanol–water partition coefficient (Wildman–Crippen LogP) is 4.63. The maximum absolute atomic E-state index is 5.25. The fourth-order valence-electron chi connectivity index (χ4n) is 1.49. The maximum Gasteiger partial charge on any atom is 0.247 e. The molecule has 0 atom stereocenters. The van der Waals surface area contributed by atoms with Crippen LogP contribution in [0.4, 0.5) is 0 Å². The van der Waals surface area contributed by atoms with E-state index in [-0.39, 0.29) is 0 Å². The van der Waals surface area contributed by atoms with E-state index in [1.807, 2.05) is 30.3 Å². The number of hydrogen-bond donors (Lipinski definition) is 0. The second kappa shape index (κ2) is 8.45. The molecule has 2 aromatic rings. The van der Waals surface area contributed by atoms with Crippen molar-refractivity contribution in [2.24, 2.45) is 0 Å². The van der Waals surface area contributed by atoms with Gasteiger partial charge in [0.2, 0.25) is 11.8 Å². The van der Waals surface area contributed by atoms with Crippen molar-refractivity contribution in [3.8, 4) is 11.5 Å². The van der Waals surface area contributed by atoms with E-state index in [1.165, 1.54) is 25.7 Å². The lowest BCUT2D eigenvalue weighted by Crippen LogP contribution is -1.75. The van der Waals surface area contributed by atoms with Crippen LogP contribution in [0, 0.1) is 6.92 Å². The van der Waals surface area contributed by atoms with E-state index >= 15 is 0 Å². The highest BCUT2D eigenvalue weighted by Gasteiger charge is 2.02. The first-order valence-corrected chi connectivity index (χ1v) is 6.63. The molecule has 0 aliphatic heterocycles. The van der Waals surface area contributed by atoms with Gasteiger partial charge in [-0.3, -0.25) is 0 Å². The van der Waals surface area contributed by atoms with Gasteiger partial charge in [-0.05, 0) is 12.1 Å². The number of unbranched alkanes of at least 4 members (excludes halogenated alkanes) is 3. The summed E-state index contributed by atoms with van der Waals surface area (Å²) < 4.78 is 5.25. The predicted molar refractivity (Wildman–Crippen MR) is 74.3 cm³/mol. The largest absolute Gasteiger partial charge is 0.421 e. The van der Waals surface area contributed by atoms with E-state index < -0.39 is 0 Å². The molecule has 0 fully saturated rings. The van der Waals surface area contributed by atoms with Crippen molar-refractivity contribution in [1.29, 1.82) is 0 Å². The molecule has 1 heterocycles. The van der Waals surface area contributed by atoms with Crippen molar-refractivity contribution < 1.29 is 4.42 Å². The smallest absolute Gasteiger partial charge is 0.247 e. The Balaban J connectivity index is 0.000000232. The van der Waals surface area contributed by atoms with E-state index in [4.69, 9.17) is 4.42 Å². The molecule has 0 amide bonds. The van der Waals surface area contributed by atoms with Crippen LogP contribution in [-0.2, 0) is 0 Å². The zero-order valence-corrected chi connectivity index (χ0v) is 11.5. The zero-order valence-electron chi connectivity index (χ0n) is 11.5. The first-order chi connectivity index (χ1) is 8.77. The number of rotatable bonds is 4. The monoisotopic (exact) mass is 246 g/mol. The van der Waals surface area contributed by atoms with Gasteiger partial charge < -0.3 is 4.42 Å². The van der Waals surface area contributed by atoms with Crippen molar-refractivity contribution >= 4 is 0 Å². The van der Waals surface area contributed by atoms with Crippen molar-refractivity contribution in [2.45, 2.75) is 46.5 Å². The van der Waals surface area contributed by atoms with Gasteiger partial charge in [0, 0.05) is 12.5 Å². The number of aromatic nitrogens is 2. The molecule has 0 N–H and O–H groups in total. The molecule has 98 valence electrons. The third kappa shape index (κ3) is 5.13. The minimum absolute atomic E-state index is 0.577. The summed E-state index contributed by atoms with van der Waals surface area (Å²) in [6.45, 7) is 6.24. The number of aryl methyl sites for hydroxylation is 1. The van der Waals surface area contributed by atoms with Crippen LogP contribution in [0.25, 0.3) is 11.5 Å². The lowest BCUT2D eigenvalue weighted by Gasteiger charge is -1.90. The Labute approximate surface area is 109 Å². The molecular weight excluding hydrogens is 224 g/mol. The lowest BCUT2D eigenvalue weighted by molar-refractivity contribution is 0.533. The van der Waals surface area contributed by atoms with E-state index in [0.717, 1.165) is 5.56 Å². The molecular formula is C15H22N2O. The average molecular weight is 246 g/mol. The molecule has 0 unspecified atom stereocenters. The zero-order chi connectivity index (χ0) is 13.2. The molecule has 0 aliphatic rings. The van der Waals surface area contributed by atoms with Crippen LogP contribution in [0.15, 0.2) is 34.7 Å². The SMILES string of the molecule is CCCCCC.Cc1nnc(-c2ccccc2)o1. The van der Waals surface area contributed by atoms with E-state index in [2.05, 4.69) is 24.0 Å². The summed E-state index contributed by atoms with van der Waals surface area (Å²) in [5, 5.41) is 7.65. The minimum Gasteiger partial charge on any atom is -0.421 e. The van der Waals surface area contributed by atoms with Crippen LogP contribution in [-0.4, -0.2) is 10.2 Å². The standard InChI is InChI=1S/C9H8N2O.C6H14/c1-7-10-11-9(12-7)8-5-3-2-4-6-8;1-3-5-6-4-2/h2-6H,1H3;3-6H2,1-2H3. The summed E-state index contributed by atoms with van der Waals surface area (Å²) in [5.41, 5.74) is 0.957. The summed E-state index contributed by atoms with van der Waals surface area (Å²) >= 11 is 0. The van der Waals surface area contributed by atoms with Crippen LogP contribution in [0.3, 0.4) is 0 Å². The third-order valence-electron chi connectivity index (χ3n) is 2.50. The minimum atomic E-state index is 0.577. The molecule has 18 heavy (non-hydrogen) atoms. The summed E-state index contributed by atoms with van der Waals surface area (Å²) in [5.74, 6) is 1.17. The fraction of sp³-hybridized carbons (Fsp3) is 0.467. The van der Waals surface area contributed by atoms with Gasteiger partial charge >= 0.3 is 0 Å². The van der Waals surface area contributed by atoms with E-state index in [1.54, 1.807) is 6.92 Å². The van der Waals surface area contributed by atoms with E-state index in [0.29, 0.717) is 11.8 Å². The van der Waals surface area contributed by atoms with Gasteiger partial charge in [0.05, 0.1) is 0 Å². The second-order valence-electron chi connectivity index (χ2n) is 4.20. The molecule has 1 aromatic heterocycles. The molecule has 0 radical (unpaired) electrons. The topological polar surface area (TPSA) is 38.9 Å². The van der Waals surface area contributed by atoms with Gasteiger partial charge in [-0.2, -0.15) is 0 Å². The summed E-state index contributed by atoms with van der Waals surface area (Å²) in [7, 11) is 0. The van der Waals surface area contributed by atoms with Gasteiger partial charge in [0.25, 0.3) is 0 Å². The van der Waals surface area contributed by atoms with Gasteiger partial charge in [-0.15, -0.1) is 10.2 Å². The Kier molecular flexibility index (Phi) is 6.77. The average Bonchev–Trinajstić information content (AvgIpc) is 2.85. The summed E-state index contributed by atoms with van der Waals surface area (Å²) in [6.07, 6.45) is 5.54.